The molecule has 1 heterocycles. The van der Waals surface area contributed by atoms with Crippen LogP contribution in [-0.4, -0.2) is 11.4 Å². The van der Waals surface area contributed by atoms with Crippen molar-refractivity contribution in [2.75, 3.05) is 0 Å². The lowest BCUT2D eigenvalue weighted by molar-refractivity contribution is 0.418. The van der Waals surface area contributed by atoms with Gasteiger partial charge in [0.05, 0.1) is 12.1 Å². The van der Waals surface area contributed by atoms with E-state index in [4.69, 9.17) is 0 Å². The highest BCUT2D eigenvalue weighted by Crippen LogP contribution is 2.09. The lowest BCUT2D eigenvalue weighted by Crippen LogP contribution is -1.89. The second-order valence-corrected chi connectivity index (χ2v) is 1.80. The predicted molar refractivity (Wildman–Crippen MR) is 30.6 cm³/mol. The minimum absolute atomic E-state index is 0.226. The van der Waals surface area contributed by atoms with Crippen molar-refractivity contribution in [1.82, 2.24) is 5.16 Å². The third-order valence-electron chi connectivity index (χ3n) is 1.13. The van der Waals surface area contributed by atoms with Crippen molar-refractivity contribution in [3.63, 3.8) is 0 Å². The first-order valence-electron chi connectivity index (χ1n) is 2.61. The molecular formula is C6H6NO2. The summed E-state index contributed by atoms with van der Waals surface area (Å²) in [5, 5.41) is 3.44. The number of carbonyl (C=O) groups excluding carboxylic acids is 1. The van der Waals surface area contributed by atoms with Crippen molar-refractivity contribution in [2.24, 2.45) is 0 Å². The fourth-order valence-electron chi connectivity index (χ4n) is 0.495. The maximum Gasteiger partial charge on any atom is 0.206 e. The highest BCUT2D eigenvalue weighted by Gasteiger charge is 2.05. The molecule has 3 heteroatoms. The van der Waals surface area contributed by atoms with Gasteiger partial charge in [0.25, 0.3) is 0 Å². The monoisotopic (exact) mass is 124 g/mol. The zero-order valence-electron chi connectivity index (χ0n) is 5.00. The Morgan fingerprint density at radius 3 is 3.11 bits per heavy atom. The highest BCUT2D eigenvalue weighted by atomic mass is 16.5. The lowest BCUT2D eigenvalue weighted by atomic mass is 10.1. The number of hydrogen-bond acceptors (Lipinski definition) is 3. The average Bonchev–Trinajstić information content (AvgIpc) is 2.37. The Hall–Kier alpha value is -1.12. The Balaban J connectivity index is 2.76. The van der Waals surface area contributed by atoms with E-state index in [1.54, 1.807) is 6.92 Å². The van der Waals surface area contributed by atoms with Gasteiger partial charge in [0.15, 0.2) is 0 Å². The maximum atomic E-state index is 10.0. The SMILES string of the molecule is CC([C]=O)c1cnoc1. The second-order valence-electron chi connectivity index (χ2n) is 1.80. The molecule has 1 aromatic rings. The highest BCUT2D eigenvalue weighted by molar-refractivity contribution is 5.61. The van der Waals surface area contributed by atoms with E-state index in [2.05, 4.69) is 9.68 Å². The summed E-state index contributed by atoms with van der Waals surface area (Å²) >= 11 is 0. The van der Waals surface area contributed by atoms with E-state index in [-0.39, 0.29) is 5.92 Å². The number of hydrogen-bond donors (Lipinski definition) is 0. The summed E-state index contributed by atoms with van der Waals surface area (Å²) in [7, 11) is 0. The minimum atomic E-state index is -0.226. The topological polar surface area (TPSA) is 43.1 Å². The largest absolute Gasteiger partial charge is 0.364 e. The molecule has 3 nitrogen and oxygen atoms in total. The van der Waals surface area contributed by atoms with Crippen LogP contribution in [0.25, 0.3) is 0 Å². The molecule has 0 fully saturated rings. The molecule has 0 amide bonds. The zero-order chi connectivity index (χ0) is 6.69. The van der Waals surface area contributed by atoms with Crippen LogP contribution in [-0.2, 0) is 4.79 Å². The van der Waals surface area contributed by atoms with Crippen molar-refractivity contribution in [3.05, 3.63) is 18.0 Å². The molecule has 0 aliphatic heterocycles. The molecule has 47 valence electrons. The average molecular weight is 124 g/mol. The van der Waals surface area contributed by atoms with Crippen LogP contribution in [0.2, 0.25) is 0 Å². The molecule has 1 radical (unpaired) electrons. The Morgan fingerprint density at radius 1 is 1.89 bits per heavy atom. The smallest absolute Gasteiger partial charge is 0.206 e. The third kappa shape index (κ3) is 1.16. The van der Waals surface area contributed by atoms with Crippen LogP contribution >= 0.6 is 0 Å². The van der Waals surface area contributed by atoms with Gasteiger partial charge in [-0.1, -0.05) is 12.1 Å². The predicted octanol–water partition coefficient (Wildman–Crippen LogP) is 0.888. The van der Waals surface area contributed by atoms with Gasteiger partial charge < -0.3 is 4.52 Å². The molecule has 0 saturated carbocycles. The van der Waals surface area contributed by atoms with Crippen molar-refractivity contribution in [1.29, 1.82) is 0 Å². The normalized spacial score (nSPS) is 13.0. The van der Waals surface area contributed by atoms with Gasteiger partial charge in [0.1, 0.15) is 6.26 Å². The van der Waals surface area contributed by atoms with Crippen LogP contribution in [0.4, 0.5) is 0 Å². The van der Waals surface area contributed by atoms with E-state index >= 15 is 0 Å². The summed E-state index contributed by atoms with van der Waals surface area (Å²) in [4.78, 5) is 10.0. The van der Waals surface area contributed by atoms with E-state index in [1.807, 2.05) is 6.29 Å². The second kappa shape index (κ2) is 2.44. The van der Waals surface area contributed by atoms with Crippen LogP contribution in [0.15, 0.2) is 17.0 Å². The van der Waals surface area contributed by atoms with Crippen LogP contribution < -0.4 is 0 Å². The van der Waals surface area contributed by atoms with Crippen molar-refractivity contribution < 1.29 is 9.32 Å². The third-order valence-corrected chi connectivity index (χ3v) is 1.13. The van der Waals surface area contributed by atoms with E-state index < -0.39 is 0 Å². The van der Waals surface area contributed by atoms with E-state index in [0.717, 1.165) is 5.56 Å². The lowest BCUT2D eigenvalue weighted by Gasteiger charge is -1.90. The molecule has 0 aliphatic rings. The Kier molecular flexibility index (Phi) is 1.63. The molecule has 0 N–H and O–H groups in total. The van der Waals surface area contributed by atoms with Crippen molar-refractivity contribution in [3.8, 4) is 0 Å². The summed E-state index contributed by atoms with van der Waals surface area (Å²) < 4.78 is 4.51. The Morgan fingerprint density at radius 2 is 2.67 bits per heavy atom. The zero-order valence-corrected chi connectivity index (χ0v) is 5.00. The summed E-state index contributed by atoms with van der Waals surface area (Å²) in [6.07, 6.45) is 4.77. The van der Waals surface area contributed by atoms with Gasteiger partial charge in [-0.2, -0.15) is 0 Å². The summed E-state index contributed by atoms with van der Waals surface area (Å²) in [6, 6.07) is 0. The van der Waals surface area contributed by atoms with Gasteiger partial charge in [-0.05, 0) is 0 Å². The van der Waals surface area contributed by atoms with E-state index in [9.17, 15) is 4.79 Å². The van der Waals surface area contributed by atoms with Gasteiger partial charge >= 0.3 is 0 Å². The molecule has 0 saturated heterocycles. The minimum Gasteiger partial charge on any atom is -0.364 e. The first-order valence-corrected chi connectivity index (χ1v) is 2.61. The number of aromatic nitrogens is 1. The van der Waals surface area contributed by atoms with E-state index in [0.29, 0.717) is 0 Å². The molecule has 9 heavy (non-hydrogen) atoms. The van der Waals surface area contributed by atoms with Gasteiger partial charge in [-0.25, -0.2) is 0 Å². The quantitative estimate of drug-likeness (QED) is 0.588. The molecule has 0 spiro atoms. The molecule has 1 aromatic heterocycles. The fraction of sp³-hybridized carbons (Fsp3) is 0.333. The molecule has 1 unspecified atom stereocenters. The van der Waals surface area contributed by atoms with Gasteiger partial charge in [-0.15, -0.1) is 0 Å². The maximum absolute atomic E-state index is 10.0. The Bertz CT molecular complexity index is 181. The van der Waals surface area contributed by atoms with Crippen LogP contribution in [0.5, 0.6) is 0 Å². The summed E-state index contributed by atoms with van der Waals surface area (Å²) in [5.41, 5.74) is 0.769. The van der Waals surface area contributed by atoms with E-state index in [1.165, 1.54) is 12.5 Å². The molecule has 0 bridgehead atoms. The fourth-order valence-corrected chi connectivity index (χ4v) is 0.495. The summed E-state index contributed by atoms with van der Waals surface area (Å²) in [6.45, 7) is 1.74. The van der Waals surface area contributed by atoms with Crippen molar-refractivity contribution in [2.45, 2.75) is 12.8 Å². The summed E-state index contributed by atoms with van der Waals surface area (Å²) in [5.74, 6) is -0.226. The standard InChI is InChI=1S/C6H6NO2/c1-5(3-8)6-2-7-9-4-6/h2,4-5H,1H3. The van der Waals surface area contributed by atoms with Gasteiger partial charge in [0, 0.05) is 5.56 Å². The van der Waals surface area contributed by atoms with Crippen molar-refractivity contribution >= 4 is 6.29 Å². The van der Waals surface area contributed by atoms with Crippen LogP contribution in [0, 0.1) is 0 Å². The first kappa shape index (κ1) is 6.01. The molecule has 0 aromatic carbocycles. The molecular weight excluding hydrogens is 118 g/mol. The Labute approximate surface area is 52.7 Å². The first-order chi connectivity index (χ1) is 4.34. The van der Waals surface area contributed by atoms with Gasteiger partial charge in [0.2, 0.25) is 6.29 Å². The van der Waals surface area contributed by atoms with Gasteiger partial charge in [-0.3, -0.25) is 4.79 Å². The number of rotatable bonds is 2. The molecule has 0 aliphatic carbocycles. The molecule has 1 rings (SSSR count). The van der Waals surface area contributed by atoms with Crippen LogP contribution in [0.3, 0.4) is 0 Å². The van der Waals surface area contributed by atoms with Crippen LogP contribution in [0.1, 0.15) is 18.4 Å². The number of nitrogens with zero attached hydrogens (tertiary/aromatic N) is 1. The molecule has 1 atom stereocenters.